The van der Waals surface area contributed by atoms with Crippen molar-refractivity contribution < 1.29 is 14.7 Å². The fourth-order valence-corrected chi connectivity index (χ4v) is 2.66. The number of hydrogen-bond donors (Lipinski definition) is 2. The highest BCUT2D eigenvalue weighted by Gasteiger charge is 2.37. The average molecular weight is 278 g/mol. The van der Waals surface area contributed by atoms with Gasteiger partial charge in [0.1, 0.15) is 0 Å². The maximum absolute atomic E-state index is 12.2. The molecule has 1 amide bonds. The van der Waals surface area contributed by atoms with Crippen LogP contribution in [-0.2, 0) is 16.1 Å². The summed E-state index contributed by atoms with van der Waals surface area (Å²) in [7, 11) is 0. The highest BCUT2D eigenvalue weighted by molar-refractivity contribution is 5.95. The van der Waals surface area contributed by atoms with E-state index < -0.39 is 17.8 Å². The zero-order valence-corrected chi connectivity index (χ0v) is 11.3. The Morgan fingerprint density at radius 1 is 1.35 bits per heavy atom. The van der Waals surface area contributed by atoms with E-state index in [9.17, 15) is 14.4 Å². The molecule has 1 fully saturated rings. The van der Waals surface area contributed by atoms with Crippen molar-refractivity contribution in [3.63, 3.8) is 0 Å². The first kappa shape index (κ1) is 14.3. The molecule has 6 nitrogen and oxygen atoms in total. The van der Waals surface area contributed by atoms with Crippen LogP contribution in [0.3, 0.4) is 0 Å². The van der Waals surface area contributed by atoms with E-state index in [-0.39, 0.29) is 11.5 Å². The molecule has 108 valence electrons. The highest BCUT2D eigenvalue weighted by atomic mass is 16.4. The lowest BCUT2D eigenvalue weighted by Crippen LogP contribution is -2.30. The molecule has 0 radical (unpaired) electrons. The summed E-state index contributed by atoms with van der Waals surface area (Å²) in [6.07, 6.45) is 3.46. The molecule has 2 unspecified atom stereocenters. The molecule has 0 bridgehead atoms. The topological polar surface area (TPSA) is 88.4 Å². The molecule has 1 aliphatic carbocycles. The Hall–Kier alpha value is -2.11. The molecule has 1 aromatic rings. The van der Waals surface area contributed by atoms with Crippen LogP contribution in [0.15, 0.2) is 23.1 Å². The minimum absolute atomic E-state index is 0.130. The van der Waals surface area contributed by atoms with Crippen LogP contribution < -0.4 is 10.9 Å². The van der Waals surface area contributed by atoms with Crippen LogP contribution in [-0.4, -0.2) is 21.6 Å². The fraction of sp³-hybridized carbons (Fsp3) is 0.500. The summed E-state index contributed by atoms with van der Waals surface area (Å²) >= 11 is 0. The van der Waals surface area contributed by atoms with Crippen molar-refractivity contribution in [2.45, 2.75) is 32.7 Å². The molecule has 20 heavy (non-hydrogen) atoms. The average Bonchev–Trinajstić information content (AvgIpc) is 2.90. The summed E-state index contributed by atoms with van der Waals surface area (Å²) in [4.78, 5) is 34.7. The van der Waals surface area contributed by atoms with Crippen molar-refractivity contribution in [1.82, 2.24) is 4.57 Å². The van der Waals surface area contributed by atoms with Gasteiger partial charge >= 0.3 is 5.97 Å². The van der Waals surface area contributed by atoms with Gasteiger partial charge in [-0.05, 0) is 25.8 Å². The zero-order valence-electron chi connectivity index (χ0n) is 11.3. The predicted octanol–water partition coefficient (Wildman–Crippen LogP) is 1.31. The molecule has 0 aromatic carbocycles. The summed E-state index contributed by atoms with van der Waals surface area (Å²) in [5, 5.41) is 11.8. The number of aromatic nitrogens is 1. The maximum Gasteiger partial charge on any atom is 0.307 e. The molecule has 6 heteroatoms. The van der Waals surface area contributed by atoms with Crippen LogP contribution in [0.25, 0.3) is 0 Å². The number of hydrogen-bond acceptors (Lipinski definition) is 3. The van der Waals surface area contributed by atoms with Gasteiger partial charge in [0, 0.05) is 18.8 Å². The van der Waals surface area contributed by atoms with Gasteiger partial charge in [-0.15, -0.1) is 0 Å². The van der Waals surface area contributed by atoms with Crippen molar-refractivity contribution in [2.75, 3.05) is 5.32 Å². The van der Waals surface area contributed by atoms with E-state index in [2.05, 4.69) is 5.32 Å². The van der Waals surface area contributed by atoms with E-state index in [1.807, 2.05) is 6.92 Å². The Morgan fingerprint density at radius 3 is 2.70 bits per heavy atom. The van der Waals surface area contributed by atoms with Crippen LogP contribution >= 0.6 is 0 Å². The Balaban J connectivity index is 2.11. The number of carboxylic acids is 1. The number of pyridine rings is 1. The highest BCUT2D eigenvalue weighted by Crippen LogP contribution is 2.32. The largest absolute Gasteiger partial charge is 0.481 e. The molecular formula is C14H18N2O4. The summed E-state index contributed by atoms with van der Waals surface area (Å²) in [5.74, 6) is -2.29. The molecule has 2 atom stereocenters. The van der Waals surface area contributed by atoms with Crippen LogP contribution in [0.5, 0.6) is 0 Å². The number of aliphatic carboxylic acids is 1. The number of amides is 1. The maximum atomic E-state index is 12.2. The second-order valence-corrected chi connectivity index (χ2v) is 5.01. The fourth-order valence-electron chi connectivity index (χ4n) is 2.66. The number of carboxylic acid groups (broad SMARTS) is 1. The van der Waals surface area contributed by atoms with Gasteiger partial charge in [-0.2, -0.15) is 0 Å². The summed E-state index contributed by atoms with van der Waals surface area (Å²) < 4.78 is 1.49. The van der Waals surface area contributed by atoms with Gasteiger partial charge < -0.3 is 15.0 Å². The Bertz CT molecular complexity index is 579. The first-order valence-electron chi connectivity index (χ1n) is 6.77. The lowest BCUT2D eigenvalue weighted by molar-refractivity contribution is -0.145. The second kappa shape index (κ2) is 5.90. The van der Waals surface area contributed by atoms with E-state index in [1.54, 1.807) is 6.20 Å². The number of rotatable bonds is 4. The van der Waals surface area contributed by atoms with E-state index in [0.717, 1.165) is 6.42 Å². The Kier molecular flexibility index (Phi) is 4.22. The van der Waals surface area contributed by atoms with E-state index in [4.69, 9.17) is 5.11 Å². The van der Waals surface area contributed by atoms with Crippen LogP contribution in [0, 0.1) is 11.8 Å². The first-order chi connectivity index (χ1) is 9.52. The van der Waals surface area contributed by atoms with E-state index in [1.165, 1.54) is 16.7 Å². The van der Waals surface area contributed by atoms with Crippen LogP contribution in [0.2, 0.25) is 0 Å². The zero-order chi connectivity index (χ0) is 14.7. The molecule has 0 spiro atoms. The minimum atomic E-state index is -0.916. The van der Waals surface area contributed by atoms with Gasteiger partial charge in [-0.25, -0.2) is 0 Å². The molecule has 2 rings (SSSR count). The minimum Gasteiger partial charge on any atom is -0.481 e. The molecule has 0 saturated heterocycles. The van der Waals surface area contributed by atoms with Crippen LogP contribution in [0.1, 0.15) is 26.2 Å². The quantitative estimate of drug-likeness (QED) is 0.869. The number of nitrogens with zero attached hydrogens (tertiary/aromatic N) is 1. The van der Waals surface area contributed by atoms with Crippen molar-refractivity contribution in [3.8, 4) is 0 Å². The lowest BCUT2D eigenvalue weighted by Gasteiger charge is -2.16. The normalized spacial score (nSPS) is 21.6. The lowest BCUT2D eigenvalue weighted by atomic mass is 9.95. The Morgan fingerprint density at radius 2 is 2.05 bits per heavy atom. The van der Waals surface area contributed by atoms with E-state index >= 15 is 0 Å². The van der Waals surface area contributed by atoms with Gasteiger partial charge in [0.25, 0.3) is 5.56 Å². The van der Waals surface area contributed by atoms with Gasteiger partial charge in [0.2, 0.25) is 5.91 Å². The number of carbonyl (C=O) groups is 2. The Labute approximate surface area is 116 Å². The van der Waals surface area contributed by atoms with Gasteiger partial charge in [-0.3, -0.25) is 14.4 Å². The van der Waals surface area contributed by atoms with Gasteiger partial charge in [-0.1, -0.05) is 6.42 Å². The van der Waals surface area contributed by atoms with Crippen LogP contribution in [0.4, 0.5) is 5.69 Å². The molecule has 0 aliphatic heterocycles. The van der Waals surface area contributed by atoms with Crippen molar-refractivity contribution in [3.05, 3.63) is 28.7 Å². The predicted molar refractivity (Wildman–Crippen MR) is 73.5 cm³/mol. The summed E-state index contributed by atoms with van der Waals surface area (Å²) in [6.45, 7) is 2.36. The molecule has 2 N–H and O–H groups in total. The number of carbonyl (C=O) groups excluding carboxylic acids is 1. The molecule has 1 aromatic heterocycles. The monoisotopic (exact) mass is 278 g/mol. The standard InChI is InChI=1S/C14H18N2O4/c1-2-16-8-9(6-7-12(16)17)15-13(18)10-4-3-5-11(10)14(19)20/h6-8,10-11H,2-5H2,1H3,(H,15,18)(H,19,20). The third kappa shape index (κ3) is 2.89. The molecule has 1 aliphatic rings. The second-order valence-electron chi connectivity index (χ2n) is 5.01. The number of nitrogens with one attached hydrogen (secondary N) is 1. The summed E-state index contributed by atoms with van der Waals surface area (Å²) in [6, 6.07) is 2.93. The number of aryl methyl sites for hydroxylation is 1. The SMILES string of the molecule is CCn1cc(NC(=O)C2CCCC2C(=O)O)ccc1=O. The van der Waals surface area contributed by atoms with Gasteiger partial charge in [0.15, 0.2) is 0 Å². The smallest absolute Gasteiger partial charge is 0.307 e. The summed E-state index contributed by atoms with van der Waals surface area (Å²) in [5.41, 5.74) is 0.391. The molecular weight excluding hydrogens is 260 g/mol. The number of anilines is 1. The first-order valence-corrected chi connectivity index (χ1v) is 6.77. The molecule has 1 heterocycles. The third-order valence-electron chi connectivity index (χ3n) is 3.76. The van der Waals surface area contributed by atoms with Crippen molar-refractivity contribution >= 4 is 17.6 Å². The van der Waals surface area contributed by atoms with E-state index in [0.29, 0.717) is 25.1 Å². The molecule has 1 saturated carbocycles. The van der Waals surface area contributed by atoms with Crippen molar-refractivity contribution in [1.29, 1.82) is 0 Å². The van der Waals surface area contributed by atoms with Crippen molar-refractivity contribution in [2.24, 2.45) is 11.8 Å². The van der Waals surface area contributed by atoms with Gasteiger partial charge in [0.05, 0.1) is 17.5 Å². The third-order valence-corrected chi connectivity index (χ3v) is 3.76.